The molecule has 3 aliphatic rings. The zero-order valence-electron chi connectivity index (χ0n) is 17.7. The van der Waals surface area contributed by atoms with Gasteiger partial charge in [-0.3, -0.25) is 4.79 Å². The van der Waals surface area contributed by atoms with E-state index < -0.39 is 30.4 Å². The minimum atomic E-state index is -1.53. The molecule has 2 aromatic carbocycles. The van der Waals surface area contributed by atoms with E-state index in [9.17, 15) is 14.7 Å². The van der Waals surface area contributed by atoms with E-state index in [1.54, 1.807) is 4.90 Å². The average molecular weight is 437 g/mol. The highest BCUT2D eigenvalue weighted by Gasteiger charge is 2.50. The van der Waals surface area contributed by atoms with Crippen LogP contribution in [0.25, 0.3) is 0 Å². The van der Waals surface area contributed by atoms with Crippen LogP contribution in [0.15, 0.2) is 60.7 Å². The van der Waals surface area contributed by atoms with E-state index in [4.69, 9.17) is 14.2 Å². The lowest BCUT2D eigenvalue weighted by Crippen LogP contribution is -2.49. The van der Waals surface area contributed by atoms with E-state index in [1.807, 2.05) is 60.7 Å². The molecule has 1 N–H and O–H groups in total. The van der Waals surface area contributed by atoms with E-state index in [0.29, 0.717) is 25.5 Å². The minimum Gasteiger partial charge on any atom is -0.451 e. The first-order valence-corrected chi connectivity index (χ1v) is 11.1. The fourth-order valence-electron chi connectivity index (χ4n) is 4.22. The normalized spacial score (nSPS) is 24.1. The first-order chi connectivity index (χ1) is 15.6. The van der Waals surface area contributed by atoms with Crippen LogP contribution in [0.1, 0.15) is 36.5 Å². The van der Waals surface area contributed by atoms with Crippen molar-refractivity contribution in [3.8, 4) is 0 Å². The van der Waals surface area contributed by atoms with Crippen LogP contribution in [0.3, 0.4) is 0 Å². The summed E-state index contributed by atoms with van der Waals surface area (Å²) in [6.07, 6.45) is -1.45. The molecule has 1 saturated carbocycles. The molecule has 2 heterocycles. The minimum absolute atomic E-state index is 0.0173. The van der Waals surface area contributed by atoms with Crippen LogP contribution in [0, 0.1) is 5.92 Å². The quantitative estimate of drug-likeness (QED) is 0.479. The van der Waals surface area contributed by atoms with Gasteiger partial charge < -0.3 is 24.2 Å². The van der Waals surface area contributed by atoms with Crippen molar-refractivity contribution in [1.82, 2.24) is 4.90 Å². The van der Waals surface area contributed by atoms with Crippen LogP contribution in [0.2, 0.25) is 0 Å². The van der Waals surface area contributed by atoms with Gasteiger partial charge >= 0.3 is 5.97 Å². The Bertz CT molecular complexity index is 908. The van der Waals surface area contributed by atoms with Crippen molar-refractivity contribution >= 4 is 11.9 Å². The number of benzene rings is 2. The van der Waals surface area contributed by atoms with Gasteiger partial charge in [0.2, 0.25) is 5.91 Å². The summed E-state index contributed by atoms with van der Waals surface area (Å²) in [6, 6.07) is 18.8. The maximum absolute atomic E-state index is 13.1. The van der Waals surface area contributed by atoms with Gasteiger partial charge in [-0.1, -0.05) is 60.7 Å². The molecule has 4 atom stereocenters. The molecule has 0 bridgehead atoms. The van der Waals surface area contributed by atoms with Gasteiger partial charge in [-0.05, 0) is 29.9 Å². The number of β-lactam (4-membered cyclic amide) rings is 1. The summed E-state index contributed by atoms with van der Waals surface area (Å²) in [5.74, 6) is -0.307. The molecule has 0 unspecified atom stereocenters. The number of fused-ring (bicyclic) bond motifs is 1. The van der Waals surface area contributed by atoms with Crippen molar-refractivity contribution in [2.24, 2.45) is 5.92 Å². The molecule has 7 heteroatoms. The lowest BCUT2D eigenvalue weighted by molar-refractivity contribution is -0.179. The van der Waals surface area contributed by atoms with Crippen LogP contribution in [-0.2, 0) is 23.8 Å². The molecule has 2 saturated heterocycles. The monoisotopic (exact) mass is 437 g/mol. The molecule has 0 spiro atoms. The third kappa shape index (κ3) is 4.41. The summed E-state index contributed by atoms with van der Waals surface area (Å²) in [6.45, 7) is 0.762. The predicted octanol–water partition coefficient (Wildman–Crippen LogP) is 2.43. The van der Waals surface area contributed by atoms with Crippen molar-refractivity contribution in [2.45, 2.75) is 49.9 Å². The smallest absolute Gasteiger partial charge is 0.338 e. The maximum atomic E-state index is 13.1. The number of hydrogen-bond donors (Lipinski definition) is 1. The highest BCUT2D eigenvalue weighted by molar-refractivity contribution is 5.83. The third-order valence-electron chi connectivity index (χ3n) is 6.30. The van der Waals surface area contributed by atoms with E-state index >= 15 is 0 Å². The first kappa shape index (κ1) is 21.1. The van der Waals surface area contributed by atoms with Gasteiger partial charge in [0.1, 0.15) is 18.4 Å². The van der Waals surface area contributed by atoms with Crippen LogP contribution < -0.4 is 0 Å². The fraction of sp³-hybridized carbons (Fsp3) is 0.440. The summed E-state index contributed by atoms with van der Waals surface area (Å²) in [5, 5.41) is 11.0. The van der Waals surface area contributed by atoms with Crippen molar-refractivity contribution in [3.63, 3.8) is 0 Å². The zero-order chi connectivity index (χ0) is 22.1. The highest BCUT2D eigenvalue weighted by atomic mass is 16.6. The van der Waals surface area contributed by atoms with Crippen LogP contribution >= 0.6 is 0 Å². The summed E-state index contributed by atoms with van der Waals surface area (Å²) in [7, 11) is 0. The number of carbonyl (C=O) groups excluding carboxylic acids is 2. The van der Waals surface area contributed by atoms with E-state index in [0.717, 1.165) is 24.0 Å². The van der Waals surface area contributed by atoms with Gasteiger partial charge in [0.05, 0.1) is 19.6 Å². The number of ether oxygens (including phenoxy) is 3. The number of carbonyl (C=O) groups is 2. The Balaban J connectivity index is 1.33. The predicted molar refractivity (Wildman–Crippen MR) is 114 cm³/mol. The molecule has 7 nitrogen and oxygen atoms in total. The van der Waals surface area contributed by atoms with Gasteiger partial charge in [0, 0.05) is 0 Å². The Hall–Kier alpha value is -2.74. The number of hydrogen-bond acceptors (Lipinski definition) is 6. The SMILES string of the molecule is O=C(OC(c1ccccc1)c1ccccc1)[C@H](O)[C@H](OCC1CC1)[C@H]1CN2C(=O)C[C@@H]2O1. The lowest BCUT2D eigenvalue weighted by atomic mass is 10.0. The van der Waals surface area contributed by atoms with Crippen molar-refractivity contribution in [3.05, 3.63) is 71.8 Å². The molecule has 168 valence electrons. The number of esters is 1. The van der Waals surface area contributed by atoms with Gasteiger partial charge in [-0.25, -0.2) is 4.79 Å². The first-order valence-electron chi connectivity index (χ1n) is 11.1. The standard InChI is InChI=1S/C25H27NO6/c27-20-13-21-26(20)14-19(31-21)24(30-15-16-11-12-16)22(28)25(29)32-23(17-7-3-1-4-8-17)18-9-5-2-6-10-18/h1-10,16,19,21-24,28H,11-15H2/t19-,21+,22-,24-/m1/s1. The fourth-order valence-corrected chi connectivity index (χ4v) is 4.22. The maximum Gasteiger partial charge on any atom is 0.338 e. The molecule has 32 heavy (non-hydrogen) atoms. The molecular formula is C25H27NO6. The highest BCUT2D eigenvalue weighted by Crippen LogP contribution is 2.34. The Morgan fingerprint density at radius 2 is 1.69 bits per heavy atom. The summed E-state index contributed by atoms with van der Waals surface area (Å²) >= 11 is 0. The Morgan fingerprint density at radius 3 is 2.22 bits per heavy atom. The second-order valence-corrected chi connectivity index (χ2v) is 8.70. The molecule has 1 amide bonds. The Labute approximate surface area is 186 Å². The molecule has 2 aromatic rings. The topological polar surface area (TPSA) is 85.3 Å². The number of amides is 1. The van der Waals surface area contributed by atoms with Crippen molar-refractivity contribution < 1.29 is 28.9 Å². The van der Waals surface area contributed by atoms with Gasteiger partial charge in [-0.2, -0.15) is 0 Å². The number of aliphatic hydroxyl groups excluding tert-OH is 1. The molecule has 0 aromatic heterocycles. The Morgan fingerprint density at radius 1 is 1.06 bits per heavy atom. The van der Waals surface area contributed by atoms with Crippen molar-refractivity contribution in [2.75, 3.05) is 13.2 Å². The van der Waals surface area contributed by atoms with Gasteiger partial charge in [0.15, 0.2) is 12.2 Å². The molecule has 1 aliphatic carbocycles. The van der Waals surface area contributed by atoms with Gasteiger partial charge in [-0.15, -0.1) is 0 Å². The molecule has 5 rings (SSSR count). The zero-order valence-corrected chi connectivity index (χ0v) is 17.7. The molecule has 3 fully saturated rings. The van der Waals surface area contributed by atoms with Crippen LogP contribution in [-0.4, -0.2) is 59.6 Å². The van der Waals surface area contributed by atoms with Crippen LogP contribution in [0.5, 0.6) is 0 Å². The molecule has 2 aliphatic heterocycles. The summed E-state index contributed by atoms with van der Waals surface area (Å²) in [4.78, 5) is 26.5. The largest absolute Gasteiger partial charge is 0.451 e. The molecular weight excluding hydrogens is 410 g/mol. The van der Waals surface area contributed by atoms with Crippen molar-refractivity contribution in [1.29, 1.82) is 0 Å². The third-order valence-corrected chi connectivity index (χ3v) is 6.30. The van der Waals surface area contributed by atoms with E-state index in [2.05, 4.69) is 0 Å². The van der Waals surface area contributed by atoms with E-state index in [-0.39, 0.29) is 12.1 Å². The Kier molecular flexibility index (Phi) is 5.95. The van der Waals surface area contributed by atoms with Gasteiger partial charge in [0.25, 0.3) is 0 Å². The number of aliphatic hydroxyl groups is 1. The second-order valence-electron chi connectivity index (χ2n) is 8.70. The number of rotatable bonds is 9. The molecule has 0 radical (unpaired) electrons. The summed E-state index contributed by atoms with van der Waals surface area (Å²) < 4.78 is 17.7. The van der Waals surface area contributed by atoms with E-state index in [1.165, 1.54) is 0 Å². The summed E-state index contributed by atoms with van der Waals surface area (Å²) in [5.41, 5.74) is 1.61. The lowest BCUT2D eigenvalue weighted by Gasteiger charge is -2.31. The number of nitrogens with zero attached hydrogens (tertiary/aromatic N) is 1. The average Bonchev–Trinajstić information content (AvgIpc) is 3.59. The van der Waals surface area contributed by atoms with Crippen LogP contribution in [0.4, 0.5) is 0 Å². The second kappa shape index (κ2) is 9.02.